The van der Waals surface area contributed by atoms with E-state index in [0.717, 1.165) is 41.6 Å². The number of carbonyl (C=O) groups excluding carboxylic acids is 1. The maximum absolute atomic E-state index is 13.1. The first-order valence-electron chi connectivity index (χ1n) is 11.6. The Morgan fingerprint density at radius 3 is 2.35 bits per heavy atom. The molecule has 0 atom stereocenters. The van der Waals surface area contributed by atoms with E-state index in [1.54, 1.807) is 24.5 Å². The van der Waals surface area contributed by atoms with Gasteiger partial charge in [0.15, 0.2) is 11.5 Å². The van der Waals surface area contributed by atoms with E-state index in [2.05, 4.69) is 10.3 Å². The predicted molar refractivity (Wildman–Crippen MR) is 134 cm³/mol. The second-order valence-corrected chi connectivity index (χ2v) is 8.83. The van der Waals surface area contributed by atoms with Gasteiger partial charge < -0.3 is 19.1 Å². The molecule has 1 aliphatic rings. The Balaban J connectivity index is 1.33. The number of nitrogens with zero attached hydrogens (tertiary/aromatic N) is 3. The molecule has 7 nitrogen and oxygen atoms in total. The molecule has 1 aromatic heterocycles. The fourth-order valence-electron chi connectivity index (χ4n) is 3.95. The van der Waals surface area contributed by atoms with Crippen LogP contribution in [0.15, 0.2) is 47.8 Å². The second-order valence-electron chi connectivity index (χ2n) is 7.97. The van der Waals surface area contributed by atoms with Crippen molar-refractivity contribution in [2.75, 3.05) is 46.5 Å². The summed E-state index contributed by atoms with van der Waals surface area (Å²) in [6.07, 6.45) is 0. The number of methoxy groups -OCH3 is 1. The summed E-state index contributed by atoms with van der Waals surface area (Å²) in [4.78, 5) is 22.2. The minimum absolute atomic E-state index is 0.0269. The number of piperazine rings is 1. The summed E-state index contributed by atoms with van der Waals surface area (Å²) >= 11 is 1.65. The number of thiazole rings is 1. The fraction of sp³-hybridized carbons (Fsp3) is 0.385. The van der Waals surface area contributed by atoms with Crippen molar-refractivity contribution in [1.82, 2.24) is 14.8 Å². The molecule has 1 saturated heterocycles. The highest BCUT2D eigenvalue weighted by molar-refractivity contribution is 7.13. The highest BCUT2D eigenvalue weighted by Gasteiger charge is 2.23. The summed E-state index contributed by atoms with van der Waals surface area (Å²) in [5, 5.41) is 3.12. The maximum atomic E-state index is 13.1. The number of hydrogen-bond donors (Lipinski definition) is 0. The van der Waals surface area contributed by atoms with Crippen LogP contribution in [0.1, 0.15) is 29.9 Å². The standard InChI is InChI=1S/C26H31N3O4S/c1-4-32-23-11-8-20(16-24(23)33-5-2)26(30)29-14-12-28(13-15-29)17-21-18-34-25(27-21)19-6-9-22(31-3)10-7-19/h6-11,16,18H,4-5,12-15,17H2,1-3H3. The summed E-state index contributed by atoms with van der Waals surface area (Å²) in [6, 6.07) is 13.4. The molecule has 3 aromatic rings. The molecule has 0 bridgehead atoms. The van der Waals surface area contributed by atoms with Crippen LogP contribution in [0.5, 0.6) is 17.2 Å². The molecule has 0 unspecified atom stereocenters. The van der Waals surface area contributed by atoms with Gasteiger partial charge in [-0.3, -0.25) is 9.69 Å². The summed E-state index contributed by atoms with van der Waals surface area (Å²) in [5.41, 5.74) is 2.78. The fourth-order valence-corrected chi connectivity index (χ4v) is 4.77. The lowest BCUT2D eigenvalue weighted by atomic mass is 10.1. The molecular weight excluding hydrogens is 450 g/mol. The molecule has 8 heteroatoms. The van der Waals surface area contributed by atoms with E-state index >= 15 is 0 Å². The third-order valence-corrected chi connectivity index (χ3v) is 6.66. The third kappa shape index (κ3) is 5.69. The van der Waals surface area contributed by atoms with Crippen LogP contribution in [-0.4, -0.2) is 67.2 Å². The molecule has 0 aliphatic carbocycles. The minimum Gasteiger partial charge on any atom is -0.497 e. The molecule has 1 fully saturated rings. The summed E-state index contributed by atoms with van der Waals surface area (Å²) in [6.45, 7) is 8.71. The largest absolute Gasteiger partial charge is 0.497 e. The molecule has 1 amide bonds. The lowest BCUT2D eigenvalue weighted by Crippen LogP contribution is -2.48. The Bertz CT molecular complexity index is 1090. The summed E-state index contributed by atoms with van der Waals surface area (Å²) in [7, 11) is 1.67. The van der Waals surface area contributed by atoms with E-state index in [4.69, 9.17) is 19.2 Å². The Morgan fingerprint density at radius 1 is 0.971 bits per heavy atom. The van der Waals surface area contributed by atoms with E-state index in [-0.39, 0.29) is 5.91 Å². The zero-order valence-electron chi connectivity index (χ0n) is 20.0. The van der Waals surface area contributed by atoms with Crippen LogP contribution in [0, 0.1) is 0 Å². The van der Waals surface area contributed by atoms with Gasteiger partial charge in [0.25, 0.3) is 5.91 Å². The average molecular weight is 482 g/mol. The van der Waals surface area contributed by atoms with Crippen LogP contribution in [0.4, 0.5) is 0 Å². The predicted octanol–water partition coefficient (Wildman–Crippen LogP) is 4.57. The maximum Gasteiger partial charge on any atom is 0.254 e. The summed E-state index contributed by atoms with van der Waals surface area (Å²) < 4.78 is 16.5. The highest BCUT2D eigenvalue weighted by atomic mass is 32.1. The van der Waals surface area contributed by atoms with Crippen molar-refractivity contribution in [3.05, 3.63) is 59.1 Å². The summed E-state index contributed by atoms with van der Waals surface area (Å²) in [5.74, 6) is 2.15. The Hall–Kier alpha value is -3.10. The number of aromatic nitrogens is 1. The molecule has 4 rings (SSSR count). The minimum atomic E-state index is 0.0269. The number of ether oxygens (including phenoxy) is 3. The second kappa shape index (κ2) is 11.4. The average Bonchev–Trinajstić information content (AvgIpc) is 3.34. The number of amides is 1. The van der Waals surface area contributed by atoms with Crippen LogP contribution in [-0.2, 0) is 6.54 Å². The molecule has 0 radical (unpaired) electrons. The van der Waals surface area contributed by atoms with Crippen molar-refractivity contribution >= 4 is 17.2 Å². The van der Waals surface area contributed by atoms with Gasteiger partial charge in [-0.2, -0.15) is 0 Å². The first-order valence-corrected chi connectivity index (χ1v) is 12.5. The topological polar surface area (TPSA) is 64.1 Å². The van der Waals surface area contributed by atoms with Crippen molar-refractivity contribution in [1.29, 1.82) is 0 Å². The van der Waals surface area contributed by atoms with E-state index < -0.39 is 0 Å². The monoisotopic (exact) mass is 481 g/mol. The molecule has 180 valence electrons. The van der Waals surface area contributed by atoms with Gasteiger partial charge in [-0.05, 0) is 56.3 Å². The van der Waals surface area contributed by atoms with E-state index in [0.29, 0.717) is 43.4 Å². The molecule has 0 spiro atoms. The lowest BCUT2D eigenvalue weighted by molar-refractivity contribution is 0.0627. The van der Waals surface area contributed by atoms with Crippen LogP contribution in [0.3, 0.4) is 0 Å². The molecule has 34 heavy (non-hydrogen) atoms. The number of carbonyl (C=O) groups is 1. The Morgan fingerprint density at radius 2 is 1.68 bits per heavy atom. The van der Waals surface area contributed by atoms with Crippen molar-refractivity contribution in [3.63, 3.8) is 0 Å². The SMILES string of the molecule is CCOc1ccc(C(=O)N2CCN(Cc3csc(-c4ccc(OC)cc4)n3)CC2)cc1OCC. The van der Waals surface area contributed by atoms with Crippen molar-refractivity contribution in [3.8, 4) is 27.8 Å². The van der Waals surface area contributed by atoms with Gasteiger partial charge in [0.05, 0.1) is 26.0 Å². The zero-order chi connectivity index (χ0) is 23.9. The van der Waals surface area contributed by atoms with Gasteiger partial charge in [0.1, 0.15) is 10.8 Å². The molecule has 2 heterocycles. The quantitative estimate of drug-likeness (QED) is 0.446. The molecule has 2 aromatic carbocycles. The number of rotatable bonds is 9. The van der Waals surface area contributed by atoms with Gasteiger partial charge in [0.2, 0.25) is 0 Å². The molecular formula is C26H31N3O4S. The van der Waals surface area contributed by atoms with Gasteiger partial charge >= 0.3 is 0 Å². The third-order valence-electron chi connectivity index (χ3n) is 5.72. The van der Waals surface area contributed by atoms with Gasteiger partial charge in [-0.15, -0.1) is 11.3 Å². The van der Waals surface area contributed by atoms with Crippen LogP contribution in [0.2, 0.25) is 0 Å². The smallest absolute Gasteiger partial charge is 0.254 e. The van der Waals surface area contributed by atoms with E-state index in [1.807, 2.05) is 55.1 Å². The van der Waals surface area contributed by atoms with Crippen LogP contribution in [0.25, 0.3) is 10.6 Å². The van der Waals surface area contributed by atoms with Gasteiger partial charge in [0, 0.05) is 49.2 Å². The number of benzene rings is 2. The highest BCUT2D eigenvalue weighted by Crippen LogP contribution is 2.29. The lowest BCUT2D eigenvalue weighted by Gasteiger charge is -2.34. The molecule has 0 saturated carbocycles. The van der Waals surface area contributed by atoms with Crippen molar-refractivity contribution < 1.29 is 19.0 Å². The van der Waals surface area contributed by atoms with E-state index in [9.17, 15) is 4.79 Å². The van der Waals surface area contributed by atoms with Crippen molar-refractivity contribution in [2.24, 2.45) is 0 Å². The Labute approximate surface area is 204 Å². The van der Waals surface area contributed by atoms with E-state index in [1.165, 1.54) is 0 Å². The first kappa shape index (κ1) is 24.0. The first-order chi connectivity index (χ1) is 16.6. The zero-order valence-corrected chi connectivity index (χ0v) is 20.8. The Kier molecular flexibility index (Phi) is 8.03. The van der Waals surface area contributed by atoms with Gasteiger partial charge in [-0.1, -0.05) is 0 Å². The van der Waals surface area contributed by atoms with Crippen molar-refractivity contribution in [2.45, 2.75) is 20.4 Å². The number of hydrogen-bond acceptors (Lipinski definition) is 7. The molecule has 1 aliphatic heterocycles. The molecule has 0 N–H and O–H groups in total. The normalized spacial score (nSPS) is 14.1. The van der Waals surface area contributed by atoms with Crippen LogP contribution < -0.4 is 14.2 Å². The van der Waals surface area contributed by atoms with Gasteiger partial charge in [-0.25, -0.2) is 4.98 Å². The van der Waals surface area contributed by atoms with Crippen LogP contribution >= 0.6 is 11.3 Å².